The molecule has 0 radical (unpaired) electrons. The molecular weight excluding hydrogens is 284 g/mol. The molecule has 2 aromatic rings. The molecular formula is C16H20N2O4. The zero-order valence-electron chi connectivity index (χ0n) is 13.0. The van der Waals surface area contributed by atoms with Crippen molar-refractivity contribution in [1.29, 1.82) is 0 Å². The third kappa shape index (κ3) is 3.12. The molecule has 0 atom stereocenters. The third-order valence-electron chi connectivity index (χ3n) is 3.38. The van der Waals surface area contributed by atoms with Gasteiger partial charge in [0.1, 0.15) is 17.9 Å². The van der Waals surface area contributed by atoms with Crippen molar-refractivity contribution < 1.29 is 18.7 Å². The van der Waals surface area contributed by atoms with E-state index in [1.807, 2.05) is 26.0 Å². The molecule has 0 fully saturated rings. The monoisotopic (exact) mass is 304 g/mol. The summed E-state index contributed by atoms with van der Waals surface area (Å²) in [7, 11) is 1.44. The van der Waals surface area contributed by atoms with Crippen molar-refractivity contribution in [3.05, 3.63) is 30.0 Å². The van der Waals surface area contributed by atoms with E-state index in [0.29, 0.717) is 29.7 Å². The Bertz CT molecular complexity index is 674. The minimum absolute atomic E-state index is 0.0849. The van der Waals surface area contributed by atoms with Gasteiger partial charge in [0, 0.05) is 25.6 Å². The molecule has 0 saturated heterocycles. The maximum atomic E-state index is 12.6. The average Bonchev–Trinajstić information content (AvgIpc) is 2.87. The fraction of sp³-hybridized carbons (Fsp3) is 0.375. The predicted molar refractivity (Wildman–Crippen MR) is 84.0 cm³/mol. The van der Waals surface area contributed by atoms with Crippen LogP contribution in [0.5, 0.6) is 0 Å². The highest BCUT2D eigenvalue weighted by atomic mass is 16.5. The van der Waals surface area contributed by atoms with Crippen molar-refractivity contribution in [2.24, 2.45) is 0 Å². The summed E-state index contributed by atoms with van der Waals surface area (Å²) in [5.41, 5.74) is 0.959. The van der Waals surface area contributed by atoms with Crippen LogP contribution in [0.2, 0.25) is 0 Å². The summed E-state index contributed by atoms with van der Waals surface area (Å²) in [5, 5.41) is 3.41. The van der Waals surface area contributed by atoms with Gasteiger partial charge in [0.15, 0.2) is 0 Å². The van der Waals surface area contributed by atoms with Crippen LogP contribution in [-0.2, 0) is 9.53 Å². The van der Waals surface area contributed by atoms with Crippen LogP contribution in [0, 0.1) is 0 Å². The van der Waals surface area contributed by atoms with E-state index in [9.17, 15) is 9.59 Å². The van der Waals surface area contributed by atoms with E-state index in [1.165, 1.54) is 7.11 Å². The fourth-order valence-electron chi connectivity index (χ4n) is 2.28. The molecule has 0 bridgehead atoms. The molecule has 0 spiro atoms. The van der Waals surface area contributed by atoms with Gasteiger partial charge < -0.3 is 19.4 Å². The maximum absolute atomic E-state index is 12.6. The lowest BCUT2D eigenvalue weighted by Crippen LogP contribution is -2.31. The number of para-hydroxylation sites is 1. The number of fused-ring (bicyclic) bond motifs is 1. The van der Waals surface area contributed by atoms with E-state index in [-0.39, 0.29) is 24.2 Å². The number of hydrogen-bond donors (Lipinski definition) is 1. The SMILES string of the molecule is CCN(CC)C(=O)c1oc2ccccc2c1NC(=O)COC. The normalized spacial score (nSPS) is 10.7. The number of nitrogens with zero attached hydrogens (tertiary/aromatic N) is 1. The Labute approximate surface area is 129 Å². The number of carbonyl (C=O) groups is 2. The van der Waals surface area contributed by atoms with E-state index in [0.717, 1.165) is 0 Å². The van der Waals surface area contributed by atoms with Gasteiger partial charge in [-0.25, -0.2) is 0 Å². The topological polar surface area (TPSA) is 71.8 Å². The number of furan rings is 1. The molecule has 22 heavy (non-hydrogen) atoms. The third-order valence-corrected chi connectivity index (χ3v) is 3.38. The summed E-state index contributed by atoms with van der Waals surface area (Å²) in [4.78, 5) is 26.1. The molecule has 1 heterocycles. The van der Waals surface area contributed by atoms with Gasteiger partial charge in [-0.05, 0) is 26.0 Å². The number of methoxy groups -OCH3 is 1. The fourth-order valence-corrected chi connectivity index (χ4v) is 2.28. The van der Waals surface area contributed by atoms with Gasteiger partial charge in [0.05, 0.1) is 0 Å². The lowest BCUT2D eigenvalue weighted by atomic mass is 10.2. The maximum Gasteiger partial charge on any atom is 0.291 e. The highest BCUT2D eigenvalue weighted by Crippen LogP contribution is 2.31. The molecule has 0 unspecified atom stereocenters. The molecule has 0 aliphatic rings. The Balaban J connectivity index is 2.48. The van der Waals surface area contributed by atoms with Crippen molar-refractivity contribution in [2.45, 2.75) is 13.8 Å². The second kappa shape index (κ2) is 7.09. The molecule has 1 N–H and O–H groups in total. The highest BCUT2D eigenvalue weighted by Gasteiger charge is 2.25. The summed E-state index contributed by atoms with van der Waals surface area (Å²) < 4.78 is 10.5. The van der Waals surface area contributed by atoms with Crippen LogP contribution < -0.4 is 5.32 Å². The second-order valence-corrected chi connectivity index (χ2v) is 4.76. The van der Waals surface area contributed by atoms with Crippen LogP contribution in [0.4, 0.5) is 5.69 Å². The van der Waals surface area contributed by atoms with E-state index in [4.69, 9.17) is 9.15 Å². The first kappa shape index (κ1) is 16.0. The second-order valence-electron chi connectivity index (χ2n) is 4.76. The molecule has 6 heteroatoms. The quantitative estimate of drug-likeness (QED) is 0.890. The lowest BCUT2D eigenvalue weighted by molar-refractivity contribution is -0.119. The number of nitrogens with one attached hydrogen (secondary N) is 1. The van der Waals surface area contributed by atoms with E-state index >= 15 is 0 Å². The number of rotatable bonds is 6. The van der Waals surface area contributed by atoms with Crippen LogP contribution in [0.1, 0.15) is 24.4 Å². The van der Waals surface area contributed by atoms with Crippen LogP contribution >= 0.6 is 0 Å². The summed E-state index contributed by atoms with van der Waals surface area (Å²) in [6.45, 7) is 4.84. The number of ether oxygens (including phenoxy) is 1. The molecule has 0 aliphatic heterocycles. The lowest BCUT2D eigenvalue weighted by Gasteiger charge is -2.17. The largest absolute Gasteiger partial charge is 0.449 e. The molecule has 2 amide bonds. The number of benzene rings is 1. The Morgan fingerprint density at radius 2 is 1.91 bits per heavy atom. The van der Waals surface area contributed by atoms with Gasteiger partial charge in [-0.2, -0.15) is 0 Å². The van der Waals surface area contributed by atoms with E-state index in [2.05, 4.69) is 5.32 Å². The zero-order chi connectivity index (χ0) is 16.1. The Kier molecular flexibility index (Phi) is 5.16. The first-order valence-electron chi connectivity index (χ1n) is 7.21. The summed E-state index contributed by atoms with van der Waals surface area (Å²) in [6, 6.07) is 7.22. The summed E-state index contributed by atoms with van der Waals surface area (Å²) >= 11 is 0. The number of anilines is 1. The Morgan fingerprint density at radius 3 is 2.55 bits per heavy atom. The molecule has 0 saturated carbocycles. The standard InChI is InChI=1S/C16H20N2O4/c1-4-18(5-2)16(20)15-14(17-13(19)10-21-3)11-8-6-7-9-12(11)22-15/h6-9H,4-5,10H2,1-3H3,(H,17,19). The van der Waals surface area contributed by atoms with Gasteiger partial charge in [-0.3, -0.25) is 9.59 Å². The number of hydrogen-bond acceptors (Lipinski definition) is 4. The van der Waals surface area contributed by atoms with Gasteiger partial charge in [-0.15, -0.1) is 0 Å². The average molecular weight is 304 g/mol. The van der Waals surface area contributed by atoms with Crippen molar-refractivity contribution >= 4 is 28.5 Å². The van der Waals surface area contributed by atoms with Crippen LogP contribution in [-0.4, -0.2) is 43.5 Å². The van der Waals surface area contributed by atoms with E-state index < -0.39 is 0 Å². The van der Waals surface area contributed by atoms with Crippen LogP contribution in [0.3, 0.4) is 0 Å². The predicted octanol–water partition coefficient (Wildman–Crippen LogP) is 2.50. The first-order valence-corrected chi connectivity index (χ1v) is 7.21. The number of amides is 2. The molecule has 1 aromatic heterocycles. The van der Waals surface area contributed by atoms with Crippen molar-refractivity contribution in [2.75, 3.05) is 32.1 Å². The minimum atomic E-state index is -0.331. The van der Waals surface area contributed by atoms with Crippen LogP contribution in [0.15, 0.2) is 28.7 Å². The van der Waals surface area contributed by atoms with Crippen LogP contribution in [0.25, 0.3) is 11.0 Å². The van der Waals surface area contributed by atoms with Gasteiger partial charge in [0.25, 0.3) is 5.91 Å². The number of carbonyl (C=O) groups excluding carboxylic acids is 2. The minimum Gasteiger partial charge on any atom is -0.449 e. The molecule has 1 aromatic carbocycles. The molecule has 0 aliphatic carbocycles. The Hall–Kier alpha value is -2.34. The zero-order valence-corrected chi connectivity index (χ0v) is 13.0. The first-order chi connectivity index (χ1) is 10.6. The van der Waals surface area contributed by atoms with Crippen molar-refractivity contribution in [3.63, 3.8) is 0 Å². The molecule has 2 rings (SSSR count). The van der Waals surface area contributed by atoms with Crippen molar-refractivity contribution in [3.8, 4) is 0 Å². The highest BCUT2D eigenvalue weighted by molar-refractivity contribution is 6.10. The van der Waals surface area contributed by atoms with Crippen molar-refractivity contribution in [1.82, 2.24) is 4.90 Å². The van der Waals surface area contributed by atoms with Gasteiger partial charge >= 0.3 is 0 Å². The smallest absolute Gasteiger partial charge is 0.291 e. The molecule has 118 valence electrons. The Morgan fingerprint density at radius 1 is 1.23 bits per heavy atom. The van der Waals surface area contributed by atoms with Gasteiger partial charge in [0.2, 0.25) is 11.7 Å². The molecule has 6 nitrogen and oxygen atoms in total. The summed E-state index contributed by atoms with van der Waals surface area (Å²) in [6.07, 6.45) is 0. The summed E-state index contributed by atoms with van der Waals surface area (Å²) in [5.74, 6) is -0.425. The van der Waals surface area contributed by atoms with Gasteiger partial charge in [-0.1, -0.05) is 12.1 Å². The van der Waals surface area contributed by atoms with E-state index in [1.54, 1.807) is 17.0 Å².